The molecule has 1 saturated heterocycles. The minimum atomic E-state index is -2.78. The van der Waals surface area contributed by atoms with Gasteiger partial charge in [0.1, 0.15) is 29.3 Å². The van der Waals surface area contributed by atoms with Crippen LogP contribution in [0.25, 0.3) is 5.65 Å². The van der Waals surface area contributed by atoms with Crippen LogP contribution < -0.4 is 15.5 Å². The van der Waals surface area contributed by atoms with Gasteiger partial charge in [-0.2, -0.15) is 5.10 Å². The smallest absolute Gasteiger partial charge is 0.270 e. The van der Waals surface area contributed by atoms with Crippen LogP contribution in [-0.4, -0.2) is 44.4 Å². The van der Waals surface area contributed by atoms with E-state index in [2.05, 4.69) is 20.7 Å². The van der Waals surface area contributed by atoms with Crippen LogP contribution in [0.2, 0.25) is 0 Å². The number of fused-ring (bicyclic) bond motifs is 1. The zero-order valence-electron chi connectivity index (χ0n) is 16.4. The number of nitrogens with zero attached hydrogens (tertiary/aromatic N) is 4. The number of halogens is 5. The zero-order chi connectivity index (χ0) is 22.6. The predicted octanol–water partition coefficient (Wildman–Crippen LogP) is 3.99. The molecule has 32 heavy (non-hydrogen) atoms. The lowest BCUT2D eigenvalue weighted by molar-refractivity contribution is 0.110. The van der Waals surface area contributed by atoms with Crippen molar-refractivity contribution < 1.29 is 22.0 Å². The number of nitrogens with one attached hydrogen (secondary N) is 2. The van der Waals surface area contributed by atoms with E-state index in [0.29, 0.717) is 17.2 Å². The third kappa shape index (κ3) is 3.83. The quantitative estimate of drug-likeness (QED) is 0.446. The minimum absolute atomic E-state index is 0.000943. The summed E-state index contributed by atoms with van der Waals surface area (Å²) in [6.07, 6.45) is 1.46. The first kappa shape index (κ1) is 20.9. The lowest BCUT2D eigenvalue weighted by Crippen LogP contribution is -2.33. The fourth-order valence-corrected chi connectivity index (χ4v) is 4.15. The Morgan fingerprint density at radius 3 is 2.75 bits per heavy atom. The van der Waals surface area contributed by atoms with Crippen molar-refractivity contribution in [2.75, 3.05) is 16.8 Å². The van der Waals surface area contributed by atoms with Crippen molar-refractivity contribution in [3.8, 4) is 0 Å². The molecule has 0 bridgehead atoms. The van der Waals surface area contributed by atoms with Crippen molar-refractivity contribution in [1.82, 2.24) is 19.9 Å². The summed E-state index contributed by atoms with van der Waals surface area (Å²) in [6, 6.07) is 2.92. The molecule has 3 heterocycles. The molecule has 1 aliphatic carbocycles. The molecule has 1 unspecified atom stereocenters. The number of alkyl halides is 3. The molecule has 2 aliphatic rings. The number of rotatable bonds is 4. The van der Waals surface area contributed by atoms with Crippen LogP contribution in [0.4, 0.5) is 33.5 Å². The van der Waals surface area contributed by atoms with Crippen molar-refractivity contribution in [2.45, 2.75) is 37.0 Å². The Hall–Kier alpha value is -3.02. The average Bonchev–Trinajstić information content (AvgIpc) is 3.06. The second-order valence-corrected chi connectivity index (χ2v) is 8.30. The molecule has 2 N–H and O–H groups in total. The fraction of sp³-hybridized carbons (Fsp3) is 0.350. The Kier molecular flexibility index (Phi) is 4.91. The van der Waals surface area contributed by atoms with Gasteiger partial charge >= 0.3 is 0 Å². The average molecular weight is 468 g/mol. The van der Waals surface area contributed by atoms with E-state index >= 15 is 0 Å². The Balaban J connectivity index is 1.43. The summed E-state index contributed by atoms with van der Waals surface area (Å²) in [5.74, 6) is -3.69. The van der Waals surface area contributed by atoms with E-state index in [1.54, 1.807) is 17.2 Å². The van der Waals surface area contributed by atoms with E-state index < -0.39 is 35.8 Å². The molecule has 5 rings (SSSR count). The van der Waals surface area contributed by atoms with Crippen molar-refractivity contribution in [3.05, 3.63) is 53.9 Å². The van der Waals surface area contributed by atoms with Crippen molar-refractivity contribution in [3.63, 3.8) is 0 Å². The first-order valence-corrected chi connectivity index (χ1v) is 10.3. The SMILES string of the molecule is Fc1ccc(F)c([C@H]2C[C@@H](F)CN2c2ccn3ncc(NC(=S)NC4CC4(F)F)c3n2)c1. The van der Waals surface area contributed by atoms with Crippen LogP contribution >= 0.6 is 12.2 Å². The van der Waals surface area contributed by atoms with Crippen molar-refractivity contribution >= 4 is 34.5 Å². The molecule has 3 aromatic rings. The van der Waals surface area contributed by atoms with Crippen molar-refractivity contribution in [1.29, 1.82) is 0 Å². The normalized spacial score (nSPS) is 24.0. The van der Waals surface area contributed by atoms with Gasteiger partial charge < -0.3 is 15.5 Å². The highest BCUT2D eigenvalue weighted by Gasteiger charge is 2.57. The van der Waals surface area contributed by atoms with E-state index in [-0.39, 0.29) is 30.1 Å². The van der Waals surface area contributed by atoms with E-state index in [9.17, 15) is 22.0 Å². The van der Waals surface area contributed by atoms with E-state index in [1.165, 1.54) is 10.7 Å². The summed E-state index contributed by atoms with van der Waals surface area (Å²) >= 11 is 5.09. The molecule has 12 heteroatoms. The molecular weight excluding hydrogens is 451 g/mol. The van der Waals surface area contributed by atoms with Gasteiger partial charge in [0, 0.05) is 24.6 Å². The molecule has 2 aromatic heterocycles. The summed E-state index contributed by atoms with van der Waals surface area (Å²) in [6.45, 7) is -0.0442. The molecule has 168 valence electrons. The molecule has 6 nitrogen and oxygen atoms in total. The Labute approximate surface area is 184 Å². The lowest BCUT2D eigenvalue weighted by Gasteiger charge is -2.26. The van der Waals surface area contributed by atoms with E-state index in [0.717, 1.165) is 18.2 Å². The van der Waals surface area contributed by atoms with Gasteiger partial charge in [0.15, 0.2) is 10.8 Å². The number of hydrogen-bond donors (Lipinski definition) is 2. The maximum absolute atomic E-state index is 14.4. The highest BCUT2D eigenvalue weighted by Crippen LogP contribution is 2.42. The molecule has 1 aromatic carbocycles. The molecular formula is C20H17F5N6S. The number of benzene rings is 1. The molecule has 0 spiro atoms. The minimum Gasteiger partial charge on any atom is -0.353 e. The van der Waals surface area contributed by atoms with Gasteiger partial charge in [-0.05, 0) is 36.5 Å². The van der Waals surface area contributed by atoms with Crippen LogP contribution in [0.3, 0.4) is 0 Å². The van der Waals surface area contributed by atoms with Crippen LogP contribution in [-0.2, 0) is 0 Å². The Morgan fingerprint density at radius 2 is 2.00 bits per heavy atom. The molecule has 0 amide bonds. The second-order valence-electron chi connectivity index (χ2n) is 7.90. The number of aromatic nitrogens is 3. The lowest BCUT2D eigenvalue weighted by atomic mass is 10.0. The molecule has 0 radical (unpaired) electrons. The number of thiocarbonyl (C=S) groups is 1. The topological polar surface area (TPSA) is 57.5 Å². The van der Waals surface area contributed by atoms with Crippen LogP contribution in [0.1, 0.15) is 24.4 Å². The van der Waals surface area contributed by atoms with Gasteiger partial charge in [0.2, 0.25) is 0 Å². The third-order valence-electron chi connectivity index (χ3n) is 5.60. The maximum atomic E-state index is 14.4. The van der Waals surface area contributed by atoms with Gasteiger partial charge in [-0.3, -0.25) is 0 Å². The van der Waals surface area contributed by atoms with Gasteiger partial charge in [-0.15, -0.1) is 0 Å². The second kappa shape index (κ2) is 7.54. The zero-order valence-corrected chi connectivity index (χ0v) is 17.2. The largest absolute Gasteiger partial charge is 0.353 e. The maximum Gasteiger partial charge on any atom is 0.270 e. The van der Waals surface area contributed by atoms with E-state index in [4.69, 9.17) is 12.2 Å². The van der Waals surface area contributed by atoms with Crippen LogP contribution in [0, 0.1) is 11.6 Å². The van der Waals surface area contributed by atoms with Gasteiger partial charge in [0.05, 0.1) is 24.8 Å². The van der Waals surface area contributed by atoms with Crippen molar-refractivity contribution in [2.24, 2.45) is 0 Å². The Morgan fingerprint density at radius 1 is 1.22 bits per heavy atom. The summed E-state index contributed by atoms with van der Waals surface area (Å²) in [4.78, 5) is 6.07. The summed E-state index contributed by atoms with van der Waals surface area (Å²) in [5, 5.41) is 9.46. The van der Waals surface area contributed by atoms with Gasteiger partial charge in [-0.25, -0.2) is 31.5 Å². The van der Waals surface area contributed by atoms with Gasteiger partial charge in [0.25, 0.3) is 5.92 Å². The first-order valence-electron chi connectivity index (χ1n) is 9.86. The molecule has 2 fully saturated rings. The number of anilines is 2. The highest BCUT2D eigenvalue weighted by molar-refractivity contribution is 7.80. The molecule has 1 saturated carbocycles. The molecule has 3 atom stereocenters. The fourth-order valence-electron chi connectivity index (χ4n) is 3.90. The summed E-state index contributed by atoms with van der Waals surface area (Å²) < 4.78 is 70.1. The summed E-state index contributed by atoms with van der Waals surface area (Å²) in [7, 11) is 0. The monoisotopic (exact) mass is 468 g/mol. The molecule has 1 aliphatic heterocycles. The number of hydrogen-bond acceptors (Lipinski definition) is 4. The highest BCUT2D eigenvalue weighted by atomic mass is 32.1. The van der Waals surface area contributed by atoms with Crippen LogP contribution in [0.5, 0.6) is 0 Å². The summed E-state index contributed by atoms with van der Waals surface area (Å²) in [5.41, 5.74) is 0.724. The first-order chi connectivity index (χ1) is 15.2. The third-order valence-corrected chi connectivity index (χ3v) is 5.82. The van der Waals surface area contributed by atoms with Crippen LogP contribution in [0.15, 0.2) is 36.7 Å². The predicted molar refractivity (Wildman–Crippen MR) is 112 cm³/mol. The standard InChI is InChI=1S/C20H17F5N6S/c21-10-1-2-13(23)12(5-10)15-6-11(22)9-30(15)17-3-4-31-18(29-17)14(8-26-31)27-19(32)28-16-7-20(16,24)25/h1-5,8,11,15-16H,6-7,9H2,(H2,27,28,32)/t11-,15-,16?/m1/s1. The van der Waals surface area contributed by atoms with E-state index in [1.807, 2.05) is 0 Å². The van der Waals surface area contributed by atoms with Gasteiger partial charge in [-0.1, -0.05) is 0 Å². The Bertz CT molecular complexity index is 1200.